The summed E-state index contributed by atoms with van der Waals surface area (Å²) in [7, 11) is 0. The molecule has 2 fully saturated rings. The minimum atomic E-state index is -0.536. The summed E-state index contributed by atoms with van der Waals surface area (Å²) in [4.78, 5) is 16.1. The molecule has 27 heavy (non-hydrogen) atoms. The Hall–Kier alpha value is -2.28. The maximum absolute atomic E-state index is 13.9. The first-order chi connectivity index (χ1) is 13.1. The quantitative estimate of drug-likeness (QED) is 0.823. The van der Waals surface area contributed by atoms with E-state index >= 15 is 0 Å². The summed E-state index contributed by atoms with van der Waals surface area (Å²) in [5.74, 6) is 0.788. The van der Waals surface area contributed by atoms with Gasteiger partial charge < -0.3 is 9.80 Å². The number of aryl methyl sites for hydroxylation is 1. The summed E-state index contributed by atoms with van der Waals surface area (Å²) >= 11 is 0. The summed E-state index contributed by atoms with van der Waals surface area (Å²) in [5.41, 5.74) is 1.52. The van der Waals surface area contributed by atoms with Gasteiger partial charge in [0, 0.05) is 69.2 Å². The molecule has 0 unspecified atom stereocenters. The Morgan fingerprint density at radius 1 is 0.889 bits per heavy atom. The van der Waals surface area contributed by atoms with Crippen LogP contribution in [0.2, 0.25) is 0 Å². The molecule has 2 aromatic rings. The minimum absolute atomic E-state index is 0.477. The van der Waals surface area contributed by atoms with Gasteiger partial charge in [-0.3, -0.25) is 4.90 Å². The van der Waals surface area contributed by atoms with Gasteiger partial charge in [0.1, 0.15) is 17.5 Å². The van der Waals surface area contributed by atoms with Crippen molar-refractivity contribution in [3.8, 4) is 0 Å². The number of halogens is 2. The summed E-state index contributed by atoms with van der Waals surface area (Å²) in [6.07, 6.45) is 2.44. The zero-order valence-corrected chi connectivity index (χ0v) is 15.7. The summed E-state index contributed by atoms with van der Waals surface area (Å²) in [6, 6.07) is 5.85. The highest BCUT2D eigenvalue weighted by Gasteiger charge is 2.22. The van der Waals surface area contributed by atoms with Crippen molar-refractivity contribution in [3.05, 3.63) is 47.2 Å². The molecular formula is C20H25F2N5. The van der Waals surface area contributed by atoms with E-state index in [1.54, 1.807) is 0 Å². The van der Waals surface area contributed by atoms with E-state index in [-0.39, 0.29) is 0 Å². The molecule has 1 aromatic carbocycles. The van der Waals surface area contributed by atoms with E-state index in [1.807, 2.05) is 6.92 Å². The van der Waals surface area contributed by atoms with Crippen molar-refractivity contribution in [1.29, 1.82) is 0 Å². The molecule has 0 amide bonds. The van der Waals surface area contributed by atoms with E-state index in [0.29, 0.717) is 12.1 Å². The molecule has 144 valence electrons. The summed E-state index contributed by atoms with van der Waals surface area (Å²) in [5, 5.41) is 0. The van der Waals surface area contributed by atoms with E-state index in [0.717, 1.165) is 62.8 Å². The van der Waals surface area contributed by atoms with E-state index in [2.05, 4.69) is 25.8 Å². The van der Waals surface area contributed by atoms with Crippen LogP contribution in [0.3, 0.4) is 0 Å². The van der Waals surface area contributed by atoms with Crippen LogP contribution in [0.25, 0.3) is 0 Å². The van der Waals surface area contributed by atoms with Crippen LogP contribution in [-0.2, 0) is 6.54 Å². The Morgan fingerprint density at radius 3 is 2.33 bits per heavy atom. The highest BCUT2D eigenvalue weighted by atomic mass is 19.1. The second-order valence-electron chi connectivity index (χ2n) is 7.36. The average Bonchev–Trinajstić information content (AvgIpc) is 3.19. The van der Waals surface area contributed by atoms with Crippen molar-refractivity contribution < 1.29 is 8.78 Å². The first kappa shape index (κ1) is 18.1. The normalized spacial score (nSPS) is 18.3. The maximum Gasteiger partial charge on any atom is 0.227 e. The third kappa shape index (κ3) is 4.18. The third-order valence-electron chi connectivity index (χ3n) is 5.32. The van der Waals surface area contributed by atoms with Crippen LogP contribution in [0, 0.1) is 18.6 Å². The van der Waals surface area contributed by atoms with Gasteiger partial charge in [0.25, 0.3) is 0 Å². The van der Waals surface area contributed by atoms with Crippen molar-refractivity contribution in [1.82, 2.24) is 14.9 Å². The summed E-state index contributed by atoms with van der Waals surface area (Å²) < 4.78 is 26.9. The highest BCUT2D eigenvalue weighted by molar-refractivity contribution is 5.46. The number of piperazine rings is 1. The van der Waals surface area contributed by atoms with Crippen molar-refractivity contribution in [2.75, 3.05) is 49.1 Å². The van der Waals surface area contributed by atoms with Gasteiger partial charge in [-0.25, -0.2) is 13.8 Å². The molecule has 7 heteroatoms. The molecule has 2 aliphatic heterocycles. The molecule has 0 spiro atoms. The molecule has 0 saturated carbocycles. The molecule has 0 N–H and O–H groups in total. The van der Waals surface area contributed by atoms with Crippen LogP contribution >= 0.6 is 0 Å². The van der Waals surface area contributed by atoms with Gasteiger partial charge in [-0.1, -0.05) is 6.07 Å². The lowest BCUT2D eigenvalue weighted by Gasteiger charge is -2.35. The van der Waals surface area contributed by atoms with Gasteiger partial charge in [-0.05, 0) is 25.8 Å². The van der Waals surface area contributed by atoms with Crippen LogP contribution in [0.1, 0.15) is 24.1 Å². The van der Waals surface area contributed by atoms with Crippen LogP contribution in [0.4, 0.5) is 20.5 Å². The first-order valence-corrected chi connectivity index (χ1v) is 9.60. The molecule has 2 aliphatic rings. The number of aromatic nitrogens is 2. The van der Waals surface area contributed by atoms with Gasteiger partial charge in [-0.15, -0.1) is 0 Å². The molecule has 1 aromatic heterocycles. The minimum Gasteiger partial charge on any atom is -0.356 e. The van der Waals surface area contributed by atoms with Crippen LogP contribution < -0.4 is 9.80 Å². The zero-order valence-electron chi connectivity index (χ0n) is 15.7. The average molecular weight is 373 g/mol. The topological polar surface area (TPSA) is 35.5 Å². The molecule has 0 bridgehead atoms. The number of anilines is 2. The van der Waals surface area contributed by atoms with Crippen molar-refractivity contribution in [2.45, 2.75) is 26.3 Å². The number of hydrogen-bond donors (Lipinski definition) is 0. The Balaban J connectivity index is 1.40. The second kappa shape index (κ2) is 7.76. The Kier molecular flexibility index (Phi) is 5.20. The largest absolute Gasteiger partial charge is 0.356 e. The maximum atomic E-state index is 13.9. The summed E-state index contributed by atoms with van der Waals surface area (Å²) in [6.45, 7) is 7.82. The van der Waals surface area contributed by atoms with E-state index < -0.39 is 11.6 Å². The van der Waals surface area contributed by atoms with E-state index in [1.165, 1.54) is 25.0 Å². The predicted molar refractivity (Wildman–Crippen MR) is 102 cm³/mol. The highest BCUT2D eigenvalue weighted by Crippen LogP contribution is 2.22. The Labute approximate surface area is 158 Å². The number of rotatable bonds is 4. The van der Waals surface area contributed by atoms with Gasteiger partial charge in [0.15, 0.2) is 0 Å². The molecular weight excluding hydrogens is 348 g/mol. The first-order valence-electron chi connectivity index (χ1n) is 9.60. The lowest BCUT2D eigenvalue weighted by Crippen LogP contribution is -2.46. The fourth-order valence-corrected chi connectivity index (χ4v) is 3.78. The zero-order chi connectivity index (χ0) is 18.8. The smallest absolute Gasteiger partial charge is 0.227 e. The Bertz CT molecular complexity index is 799. The second-order valence-corrected chi connectivity index (χ2v) is 7.36. The Morgan fingerprint density at radius 2 is 1.63 bits per heavy atom. The number of hydrogen-bond acceptors (Lipinski definition) is 5. The predicted octanol–water partition coefficient (Wildman–Crippen LogP) is 2.99. The van der Waals surface area contributed by atoms with Crippen LogP contribution in [-0.4, -0.2) is 54.1 Å². The van der Waals surface area contributed by atoms with Crippen LogP contribution in [0.15, 0.2) is 24.3 Å². The lowest BCUT2D eigenvalue weighted by molar-refractivity contribution is 0.245. The standard InChI is InChI=1S/C20H25F2N5/c1-15-12-19(26-6-2-3-7-26)24-20(23-15)27-10-8-25(9-11-27)14-16-4-5-17(21)13-18(16)22/h4-5,12-13H,2-3,6-11,14H2,1H3. The van der Waals surface area contributed by atoms with Gasteiger partial charge in [0.05, 0.1) is 0 Å². The molecule has 2 saturated heterocycles. The molecule has 4 rings (SSSR count). The monoisotopic (exact) mass is 373 g/mol. The number of nitrogens with zero attached hydrogens (tertiary/aromatic N) is 5. The van der Waals surface area contributed by atoms with E-state index in [9.17, 15) is 8.78 Å². The van der Waals surface area contributed by atoms with E-state index in [4.69, 9.17) is 4.98 Å². The molecule has 0 radical (unpaired) electrons. The fraction of sp³-hybridized carbons (Fsp3) is 0.500. The SMILES string of the molecule is Cc1cc(N2CCCC2)nc(N2CCN(Cc3ccc(F)cc3F)CC2)n1. The molecule has 0 aliphatic carbocycles. The molecule has 5 nitrogen and oxygen atoms in total. The van der Waals surface area contributed by atoms with Crippen LogP contribution in [0.5, 0.6) is 0 Å². The van der Waals surface area contributed by atoms with Crippen molar-refractivity contribution in [2.24, 2.45) is 0 Å². The van der Waals surface area contributed by atoms with Gasteiger partial charge in [-0.2, -0.15) is 4.98 Å². The van der Waals surface area contributed by atoms with Gasteiger partial charge >= 0.3 is 0 Å². The molecule has 0 atom stereocenters. The molecule has 3 heterocycles. The van der Waals surface area contributed by atoms with Crippen molar-refractivity contribution >= 4 is 11.8 Å². The lowest BCUT2D eigenvalue weighted by atomic mass is 10.2. The third-order valence-corrected chi connectivity index (χ3v) is 5.32. The van der Waals surface area contributed by atoms with Crippen molar-refractivity contribution in [3.63, 3.8) is 0 Å². The fourth-order valence-electron chi connectivity index (χ4n) is 3.78. The van der Waals surface area contributed by atoms with Gasteiger partial charge in [0.2, 0.25) is 5.95 Å². The number of benzene rings is 1.